The van der Waals surface area contributed by atoms with Gasteiger partial charge in [0.15, 0.2) is 0 Å². The van der Waals surface area contributed by atoms with Crippen LogP contribution in [0, 0.1) is 29.6 Å². The summed E-state index contributed by atoms with van der Waals surface area (Å²) in [6.07, 6.45) is 12.8. The SMILES string of the molecule is CCCCCCCCCCCCN1C(=O)C(C)C(CC(CC(CC(C)C(=O)O)C(=O)OCCCC)C(=O)OCCO)C1=O. The highest BCUT2D eigenvalue weighted by Crippen LogP contribution is 2.35. The van der Waals surface area contributed by atoms with Gasteiger partial charge in [-0.05, 0) is 32.1 Å². The van der Waals surface area contributed by atoms with E-state index in [1.54, 1.807) is 6.92 Å². The second-order valence-corrected chi connectivity index (χ2v) is 12.2. The first-order valence-electron chi connectivity index (χ1n) is 16.6. The highest BCUT2D eigenvalue weighted by Gasteiger charge is 2.47. The molecule has 1 aliphatic rings. The number of ether oxygens (including phenoxy) is 2. The number of imide groups is 1. The largest absolute Gasteiger partial charge is 0.481 e. The van der Waals surface area contributed by atoms with Crippen molar-refractivity contribution in [3.63, 3.8) is 0 Å². The Morgan fingerprint density at radius 3 is 1.86 bits per heavy atom. The summed E-state index contributed by atoms with van der Waals surface area (Å²) in [5.74, 6) is -7.03. The van der Waals surface area contributed by atoms with Crippen molar-refractivity contribution in [2.75, 3.05) is 26.4 Å². The van der Waals surface area contributed by atoms with Gasteiger partial charge in [0.1, 0.15) is 6.61 Å². The number of unbranched alkanes of at least 4 members (excludes halogenated alkanes) is 10. The number of amides is 2. The Morgan fingerprint density at radius 2 is 1.30 bits per heavy atom. The van der Waals surface area contributed by atoms with Crippen LogP contribution in [0.25, 0.3) is 0 Å². The lowest BCUT2D eigenvalue weighted by molar-refractivity contribution is -0.155. The molecule has 1 saturated heterocycles. The van der Waals surface area contributed by atoms with Gasteiger partial charge in [-0.1, -0.05) is 91.9 Å². The number of carbonyl (C=O) groups excluding carboxylic acids is 4. The first kappa shape index (κ1) is 38.5. The molecular formula is C33H57NO9. The molecule has 0 radical (unpaired) electrons. The number of hydrogen-bond acceptors (Lipinski definition) is 8. The van der Waals surface area contributed by atoms with Crippen LogP contribution in [0.5, 0.6) is 0 Å². The monoisotopic (exact) mass is 611 g/mol. The molecule has 1 aliphatic heterocycles. The van der Waals surface area contributed by atoms with Crippen molar-refractivity contribution in [1.29, 1.82) is 0 Å². The first-order chi connectivity index (χ1) is 20.6. The average molecular weight is 612 g/mol. The number of aliphatic hydroxyl groups excluding tert-OH is 1. The van der Waals surface area contributed by atoms with Crippen LogP contribution < -0.4 is 0 Å². The third-order valence-corrected chi connectivity index (χ3v) is 8.49. The number of hydrogen-bond donors (Lipinski definition) is 2. The summed E-state index contributed by atoms with van der Waals surface area (Å²) in [5, 5.41) is 18.6. The Labute approximate surface area is 258 Å². The van der Waals surface area contributed by atoms with Gasteiger partial charge in [0.2, 0.25) is 11.8 Å². The van der Waals surface area contributed by atoms with Crippen molar-refractivity contribution in [2.24, 2.45) is 29.6 Å². The fourth-order valence-corrected chi connectivity index (χ4v) is 5.68. The van der Waals surface area contributed by atoms with Crippen LogP contribution in [-0.4, -0.2) is 71.2 Å². The molecule has 0 bridgehead atoms. The molecule has 2 N–H and O–H groups in total. The van der Waals surface area contributed by atoms with E-state index in [0.29, 0.717) is 13.0 Å². The average Bonchev–Trinajstić information content (AvgIpc) is 3.18. The van der Waals surface area contributed by atoms with E-state index in [-0.39, 0.29) is 50.9 Å². The predicted octanol–water partition coefficient (Wildman–Crippen LogP) is 5.53. The van der Waals surface area contributed by atoms with E-state index >= 15 is 0 Å². The summed E-state index contributed by atoms with van der Waals surface area (Å²) in [4.78, 5) is 65.3. The molecule has 43 heavy (non-hydrogen) atoms. The lowest BCUT2D eigenvalue weighted by atomic mass is 9.80. The molecule has 10 nitrogen and oxygen atoms in total. The number of aliphatic hydroxyl groups is 1. The zero-order chi connectivity index (χ0) is 32.2. The molecule has 2 amide bonds. The van der Waals surface area contributed by atoms with E-state index in [4.69, 9.17) is 9.47 Å². The first-order valence-corrected chi connectivity index (χ1v) is 16.6. The molecule has 0 saturated carbocycles. The van der Waals surface area contributed by atoms with Crippen molar-refractivity contribution in [1.82, 2.24) is 4.90 Å². The highest BCUT2D eigenvalue weighted by atomic mass is 16.5. The summed E-state index contributed by atoms with van der Waals surface area (Å²) in [7, 11) is 0. The summed E-state index contributed by atoms with van der Waals surface area (Å²) in [5.41, 5.74) is 0. The van der Waals surface area contributed by atoms with Crippen LogP contribution in [0.2, 0.25) is 0 Å². The van der Waals surface area contributed by atoms with Crippen LogP contribution >= 0.6 is 0 Å². The number of likely N-dealkylation sites (tertiary alicyclic amines) is 1. The topological polar surface area (TPSA) is 148 Å². The lowest BCUT2D eigenvalue weighted by Gasteiger charge is -2.25. The van der Waals surface area contributed by atoms with E-state index in [9.17, 15) is 34.2 Å². The molecule has 10 heteroatoms. The molecule has 1 rings (SSSR count). The van der Waals surface area contributed by atoms with Crippen LogP contribution in [-0.2, 0) is 33.4 Å². The molecule has 1 heterocycles. The van der Waals surface area contributed by atoms with Crippen molar-refractivity contribution in [2.45, 2.75) is 124 Å². The maximum absolute atomic E-state index is 13.4. The van der Waals surface area contributed by atoms with Crippen molar-refractivity contribution in [3.8, 4) is 0 Å². The quantitative estimate of drug-likeness (QED) is 0.0772. The van der Waals surface area contributed by atoms with Gasteiger partial charge < -0.3 is 19.7 Å². The molecule has 0 aromatic heterocycles. The number of esters is 2. The molecule has 5 atom stereocenters. The Hall–Kier alpha value is -2.49. The number of carbonyl (C=O) groups is 5. The van der Waals surface area contributed by atoms with Crippen LogP contribution in [0.4, 0.5) is 0 Å². The minimum atomic E-state index is -1.07. The Morgan fingerprint density at radius 1 is 0.767 bits per heavy atom. The lowest BCUT2D eigenvalue weighted by Crippen LogP contribution is -2.34. The molecule has 5 unspecified atom stereocenters. The number of nitrogens with zero attached hydrogens (tertiary/aromatic N) is 1. The van der Waals surface area contributed by atoms with Gasteiger partial charge in [-0.3, -0.25) is 28.9 Å². The maximum Gasteiger partial charge on any atom is 0.309 e. The third-order valence-electron chi connectivity index (χ3n) is 8.49. The van der Waals surface area contributed by atoms with E-state index in [0.717, 1.165) is 32.1 Å². The number of carboxylic acids is 1. The van der Waals surface area contributed by atoms with Gasteiger partial charge >= 0.3 is 17.9 Å². The molecule has 248 valence electrons. The number of carboxylic acid groups (broad SMARTS) is 1. The summed E-state index contributed by atoms with van der Waals surface area (Å²) in [6, 6.07) is 0. The zero-order valence-corrected chi connectivity index (χ0v) is 27.0. The zero-order valence-electron chi connectivity index (χ0n) is 27.0. The second-order valence-electron chi connectivity index (χ2n) is 12.2. The van der Waals surface area contributed by atoms with Crippen molar-refractivity contribution in [3.05, 3.63) is 0 Å². The van der Waals surface area contributed by atoms with Crippen LogP contribution in [0.15, 0.2) is 0 Å². The van der Waals surface area contributed by atoms with Crippen LogP contribution in [0.3, 0.4) is 0 Å². The number of rotatable bonds is 25. The minimum absolute atomic E-state index is 0.00920. The summed E-state index contributed by atoms with van der Waals surface area (Å²) >= 11 is 0. The third kappa shape index (κ3) is 14.2. The van der Waals surface area contributed by atoms with Gasteiger partial charge in [-0.2, -0.15) is 0 Å². The smallest absolute Gasteiger partial charge is 0.309 e. The van der Waals surface area contributed by atoms with Gasteiger partial charge in [0, 0.05) is 12.5 Å². The Kier molecular flexibility index (Phi) is 19.8. The Bertz CT molecular complexity index is 861. The summed E-state index contributed by atoms with van der Waals surface area (Å²) in [6.45, 7) is 7.23. The van der Waals surface area contributed by atoms with Gasteiger partial charge in [-0.15, -0.1) is 0 Å². The van der Waals surface area contributed by atoms with Crippen LogP contribution in [0.1, 0.15) is 124 Å². The molecule has 1 fully saturated rings. The highest BCUT2D eigenvalue weighted by molar-refractivity contribution is 6.05. The fraction of sp³-hybridized carbons (Fsp3) is 0.848. The molecule has 0 aromatic carbocycles. The Balaban J connectivity index is 2.87. The molecule has 0 aromatic rings. The van der Waals surface area contributed by atoms with Crippen molar-refractivity contribution >= 4 is 29.7 Å². The van der Waals surface area contributed by atoms with Gasteiger partial charge in [-0.25, -0.2) is 0 Å². The van der Waals surface area contributed by atoms with E-state index < -0.39 is 47.5 Å². The molecule has 0 aliphatic carbocycles. The van der Waals surface area contributed by atoms with E-state index in [2.05, 4.69) is 6.92 Å². The second kappa shape index (κ2) is 22.1. The van der Waals surface area contributed by atoms with Crippen molar-refractivity contribution < 1.29 is 43.7 Å². The normalized spacial score (nSPS) is 18.9. The van der Waals surface area contributed by atoms with E-state index in [1.165, 1.54) is 50.3 Å². The fourth-order valence-electron chi connectivity index (χ4n) is 5.68. The molecular weight excluding hydrogens is 554 g/mol. The van der Waals surface area contributed by atoms with E-state index in [1.807, 2.05) is 6.92 Å². The standard InChI is InChI=1S/C33H57NO9/c1-5-7-9-10-11-12-13-14-15-16-17-34-29(36)25(4)28(30(34)37)23-27(33(41)43-20-18-35)22-26(21-24(3)31(38)39)32(40)42-19-8-6-2/h24-28,35H,5-23H2,1-4H3,(H,38,39). The van der Waals surface area contributed by atoms with Gasteiger partial charge in [0.25, 0.3) is 0 Å². The predicted molar refractivity (Wildman–Crippen MR) is 163 cm³/mol. The number of aliphatic carboxylic acids is 1. The maximum atomic E-state index is 13.4. The molecule has 0 spiro atoms. The van der Waals surface area contributed by atoms with Gasteiger partial charge in [0.05, 0.1) is 36.9 Å². The minimum Gasteiger partial charge on any atom is -0.481 e. The summed E-state index contributed by atoms with van der Waals surface area (Å²) < 4.78 is 10.6.